The standard InChI is InChI=1S/C25H27N5O2/c1-2-23(32)28-21-7-3-5-17(15-21)22-8-4-6-18-16-27-25(30-24(18)22)29-20-11-9-19(10-12-20)26-13-14-31/h2-6,8-12,15-16,21,25-26,29-31H,1,7,13-14H2,(H,28,32). The fourth-order valence-electron chi connectivity index (χ4n) is 3.73. The average Bonchev–Trinajstić information content (AvgIpc) is 2.83. The number of para-hydroxylation sites is 1. The zero-order valence-electron chi connectivity index (χ0n) is 17.7. The van der Waals surface area contributed by atoms with E-state index in [0.29, 0.717) is 6.54 Å². The van der Waals surface area contributed by atoms with Gasteiger partial charge in [0.15, 0.2) is 6.29 Å². The molecule has 1 amide bonds. The Hall–Kier alpha value is -3.84. The van der Waals surface area contributed by atoms with Crippen LogP contribution in [0.25, 0.3) is 5.57 Å². The summed E-state index contributed by atoms with van der Waals surface area (Å²) in [6.45, 7) is 4.14. The van der Waals surface area contributed by atoms with E-state index in [-0.39, 0.29) is 24.8 Å². The van der Waals surface area contributed by atoms with Gasteiger partial charge in [0, 0.05) is 35.3 Å². The van der Waals surface area contributed by atoms with Crippen LogP contribution in [0.4, 0.5) is 17.1 Å². The van der Waals surface area contributed by atoms with Gasteiger partial charge in [0.2, 0.25) is 5.91 Å². The maximum atomic E-state index is 11.7. The molecule has 0 fully saturated rings. The van der Waals surface area contributed by atoms with E-state index in [4.69, 9.17) is 5.11 Å². The number of allylic oxidation sites excluding steroid dienone is 2. The normalized spacial score (nSPS) is 18.7. The first-order valence-electron chi connectivity index (χ1n) is 10.6. The number of carbonyl (C=O) groups excluding carboxylic acids is 1. The van der Waals surface area contributed by atoms with Crippen LogP contribution in [-0.2, 0) is 4.79 Å². The molecule has 2 atom stereocenters. The molecule has 164 valence electrons. The van der Waals surface area contributed by atoms with Crippen molar-refractivity contribution in [1.82, 2.24) is 5.32 Å². The van der Waals surface area contributed by atoms with Gasteiger partial charge in [-0.3, -0.25) is 4.79 Å². The summed E-state index contributed by atoms with van der Waals surface area (Å²) in [6, 6.07) is 13.9. The number of aliphatic hydroxyl groups is 1. The Morgan fingerprint density at radius 2 is 2.03 bits per heavy atom. The van der Waals surface area contributed by atoms with Crippen molar-refractivity contribution in [2.45, 2.75) is 18.8 Å². The molecule has 0 spiro atoms. The Bertz CT molecular complexity index is 1070. The summed E-state index contributed by atoms with van der Waals surface area (Å²) in [7, 11) is 0. The highest BCUT2D eigenvalue weighted by Gasteiger charge is 2.20. The lowest BCUT2D eigenvalue weighted by Crippen LogP contribution is -2.33. The van der Waals surface area contributed by atoms with Crippen molar-refractivity contribution in [3.63, 3.8) is 0 Å². The molecule has 2 aliphatic rings. The number of nitrogens with one attached hydrogen (secondary N) is 4. The number of amides is 1. The lowest BCUT2D eigenvalue weighted by Gasteiger charge is -2.27. The van der Waals surface area contributed by atoms with Crippen LogP contribution in [-0.4, -0.2) is 42.7 Å². The van der Waals surface area contributed by atoms with Crippen LogP contribution in [0.1, 0.15) is 17.5 Å². The van der Waals surface area contributed by atoms with E-state index in [1.165, 1.54) is 6.08 Å². The summed E-state index contributed by atoms with van der Waals surface area (Å²) < 4.78 is 0. The number of hydrogen-bond acceptors (Lipinski definition) is 6. The summed E-state index contributed by atoms with van der Waals surface area (Å²) in [5, 5.41) is 21.9. The number of benzene rings is 2. The van der Waals surface area contributed by atoms with Crippen LogP contribution in [0.3, 0.4) is 0 Å². The van der Waals surface area contributed by atoms with Gasteiger partial charge in [-0.15, -0.1) is 0 Å². The highest BCUT2D eigenvalue weighted by molar-refractivity contribution is 5.96. The molecule has 0 aromatic heterocycles. The lowest BCUT2D eigenvalue weighted by molar-refractivity contribution is -0.116. The number of hydrogen-bond donors (Lipinski definition) is 5. The zero-order valence-corrected chi connectivity index (χ0v) is 17.7. The molecule has 0 bridgehead atoms. The number of nitrogens with zero attached hydrogens (tertiary/aromatic N) is 1. The number of rotatable bonds is 8. The first kappa shape index (κ1) is 21.4. The van der Waals surface area contributed by atoms with E-state index in [1.54, 1.807) is 0 Å². The van der Waals surface area contributed by atoms with Crippen molar-refractivity contribution < 1.29 is 9.90 Å². The van der Waals surface area contributed by atoms with Gasteiger partial charge in [-0.05, 0) is 42.3 Å². The predicted molar refractivity (Wildman–Crippen MR) is 131 cm³/mol. The number of carbonyl (C=O) groups is 1. The van der Waals surface area contributed by atoms with Crippen LogP contribution in [0.5, 0.6) is 0 Å². The molecule has 7 nitrogen and oxygen atoms in total. The van der Waals surface area contributed by atoms with Crippen LogP contribution in [0, 0.1) is 0 Å². The van der Waals surface area contributed by atoms with Gasteiger partial charge in [-0.1, -0.05) is 43.0 Å². The number of aliphatic imine (C=N–C) groups is 1. The van der Waals surface area contributed by atoms with Gasteiger partial charge in [-0.25, -0.2) is 4.99 Å². The summed E-state index contributed by atoms with van der Waals surface area (Å²) in [6.07, 6.45) is 9.82. The molecule has 7 heteroatoms. The third-order valence-corrected chi connectivity index (χ3v) is 5.26. The SMILES string of the molecule is C=CC(=O)NC1C=C(c2cccc3c2NC(Nc2ccc(NCCO)cc2)N=C3)C=CC1. The highest BCUT2D eigenvalue weighted by atomic mass is 16.3. The van der Waals surface area contributed by atoms with Crippen molar-refractivity contribution in [3.05, 3.63) is 84.5 Å². The smallest absolute Gasteiger partial charge is 0.243 e. The van der Waals surface area contributed by atoms with E-state index in [0.717, 1.165) is 40.2 Å². The van der Waals surface area contributed by atoms with E-state index in [9.17, 15) is 4.79 Å². The molecule has 2 aromatic carbocycles. The second-order valence-electron chi connectivity index (χ2n) is 7.55. The Morgan fingerprint density at radius 1 is 1.22 bits per heavy atom. The van der Waals surface area contributed by atoms with Crippen molar-refractivity contribution in [1.29, 1.82) is 0 Å². The van der Waals surface area contributed by atoms with Crippen molar-refractivity contribution in [2.75, 3.05) is 29.1 Å². The van der Waals surface area contributed by atoms with Crippen LogP contribution >= 0.6 is 0 Å². The van der Waals surface area contributed by atoms with Gasteiger partial charge in [0.05, 0.1) is 18.3 Å². The van der Waals surface area contributed by atoms with E-state index < -0.39 is 0 Å². The van der Waals surface area contributed by atoms with Gasteiger partial charge < -0.3 is 26.4 Å². The molecule has 5 N–H and O–H groups in total. The topological polar surface area (TPSA) is 97.8 Å². The van der Waals surface area contributed by atoms with E-state index in [1.807, 2.05) is 42.6 Å². The Balaban J connectivity index is 1.50. The molecule has 0 radical (unpaired) electrons. The van der Waals surface area contributed by atoms with Crippen LogP contribution in [0.15, 0.2) is 78.3 Å². The number of aliphatic hydroxyl groups excluding tert-OH is 1. The zero-order chi connectivity index (χ0) is 22.3. The molecule has 1 aliphatic carbocycles. The minimum atomic E-state index is -0.315. The second-order valence-corrected chi connectivity index (χ2v) is 7.55. The molecule has 0 saturated heterocycles. The molecule has 4 rings (SSSR count). The van der Waals surface area contributed by atoms with Crippen molar-refractivity contribution in [3.8, 4) is 0 Å². The lowest BCUT2D eigenvalue weighted by atomic mass is 9.93. The maximum absolute atomic E-state index is 11.7. The van der Waals surface area contributed by atoms with E-state index in [2.05, 4.69) is 57.1 Å². The monoisotopic (exact) mass is 429 g/mol. The molecule has 0 saturated carbocycles. The third kappa shape index (κ3) is 5.07. The molecular weight excluding hydrogens is 402 g/mol. The summed E-state index contributed by atoms with van der Waals surface area (Å²) in [4.78, 5) is 16.3. The van der Waals surface area contributed by atoms with Gasteiger partial charge in [-0.2, -0.15) is 0 Å². The summed E-state index contributed by atoms with van der Waals surface area (Å²) in [5.41, 5.74) is 5.98. The highest BCUT2D eigenvalue weighted by Crippen LogP contribution is 2.32. The molecule has 32 heavy (non-hydrogen) atoms. The third-order valence-electron chi connectivity index (χ3n) is 5.26. The predicted octanol–water partition coefficient (Wildman–Crippen LogP) is 3.35. The van der Waals surface area contributed by atoms with Gasteiger partial charge in [0.1, 0.15) is 0 Å². The first-order valence-corrected chi connectivity index (χ1v) is 10.6. The maximum Gasteiger partial charge on any atom is 0.243 e. The first-order chi connectivity index (χ1) is 15.7. The Morgan fingerprint density at radius 3 is 2.81 bits per heavy atom. The molecule has 2 unspecified atom stereocenters. The number of anilines is 3. The molecule has 1 aliphatic heterocycles. The molecule has 1 heterocycles. The Kier molecular flexibility index (Phi) is 6.67. The minimum absolute atomic E-state index is 0.0690. The minimum Gasteiger partial charge on any atom is -0.395 e. The van der Waals surface area contributed by atoms with E-state index >= 15 is 0 Å². The largest absolute Gasteiger partial charge is 0.395 e. The number of fused-ring (bicyclic) bond motifs is 1. The van der Waals surface area contributed by atoms with Crippen LogP contribution < -0.4 is 21.3 Å². The second kappa shape index (κ2) is 9.98. The molecular formula is C25H27N5O2. The molecule has 2 aromatic rings. The fourth-order valence-corrected chi connectivity index (χ4v) is 3.73. The van der Waals surface area contributed by atoms with Gasteiger partial charge >= 0.3 is 0 Å². The van der Waals surface area contributed by atoms with Crippen molar-refractivity contribution >= 4 is 34.8 Å². The quantitative estimate of drug-likeness (QED) is 0.415. The summed E-state index contributed by atoms with van der Waals surface area (Å²) >= 11 is 0. The summed E-state index contributed by atoms with van der Waals surface area (Å²) in [5.74, 6) is -0.178. The van der Waals surface area contributed by atoms with Crippen molar-refractivity contribution in [2.24, 2.45) is 4.99 Å². The average molecular weight is 430 g/mol. The Labute approximate surface area is 187 Å². The fraction of sp³-hybridized carbons (Fsp3) is 0.200. The van der Waals surface area contributed by atoms with Crippen LogP contribution in [0.2, 0.25) is 0 Å². The van der Waals surface area contributed by atoms with Gasteiger partial charge in [0.25, 0.3) is 0 Å².